The highest BCUT2D eigenvalue weighted by Crippen LogP contribution is 2.65. The number of halogens is 7. The van der Waals surface area contributed by atoms with Gasteiger partial charge in [-0.3, -0.25) is 14.4 Å². The number of alkyl halides is 4. The predicted molar refractivity (Wildman–Crippen MR) is 136 cm³/mol. The minimum atomic E-state index is -3.53. The van der Waals surface area contributed by atoms with Crippen LogP contribution in [0.5, 0.6) is 0 Å². The van der Waals surface area contributed by atoms with Gasteiger partial charge in [0.25, 0.3) is 11.8 Å². The van der Waals surface area contributed by atoms with Crippen molar-refractivity contribution < 1.29 is 27.9 Å². The molecule has 36 heavy (non-hydrogen) atoms. The van der Waals surface area contributed by atoms with E-state index >= 15 is 0 Å². The van der Waals surface area contributed by atoms with Gasteiger partial charge in [0.15, 0.2) is 0 Å². The summed E-state index contributed by atoms with van der Waals surface area (Å²) in [5.74, 6) is -7.54. The van der Waals surface area contributed by atoms with E-state index in [1.807, 2.05) is 5.32 Å². The number of hydrogen-bond donors (Lipinski definition) is 2. The lowest BCUT2D eigenvalue weighted by atomic mass is 10.1. The van der Waals surface area contributed by atoms with Gasteiger partial charge in [-0.05, 0) is 48.9 Å². The van der Waals surface area contributed by atoms with Gasteiger partial charge in [-0.1, -0.05) is 34.8 Å². The number of benzene rings is 2. The lowest BCUT2D eigenvalue weighted by Gasteiger charge is -2.16. The number of carbonyl (C=O) groups is 3. The van der Waals surface area contributed by atoms with Crippen LogP contribution >= 0.6 is 58.0 Å². The summed E-state index contributed by atoms with van der Waals surface area (Å²) < 4.78 is 31.0. The average molecular weight is 603 g/mol. The molecule has 2 aromatic rings. The van der Waals surface area contributed by atoms with Gasteiger partial charge < -0.3 is 15.4 Å². The highest BCUT2D eigenvalue weighted by molar-refractivity contribution is 6.53. The minimum absolute atomic E-state index is 0.0406. The third-order valence-corrected chi connectivity index (χ3v) is 6.98. The molecular formula is C23H19Cl5F2N2O4. The van der Waals surface area contributed by atoms with Crippen LogP contribution < -0.4 is 10.6 Å². The number of anilines is 1. The maximum Gasteiger partial charge on any atom is 0.311 e. The van der Waals surface area contributed by atoms with Crippen molar-refractivity contribution in [3.8, 4) is 0 Å². The molecule has 0 radical (unpaired) electrons. The van der Waals surface area contributed by atoms with Gasteiger partial charge >= 0.3 is 5.97 Å². The van der Waals surface area contributed by atoms with E-state index in [-0.39, 0.29) is 22.9 Å². The fourth-order valence-electron chi connectivity index (χ4n) is 3.61. The summed E-state index contributed by atoms with van der Waals surface area (Å²) in [7, 11) is 0. The topological polar surface area (TPSA) is 84.5 Å². The Balaban J connectivity index is 1.68. The van der Waals surface area contributed by atoms with Gasteiger partial charge in [0.05, 0.1) is 29.7 Å². The number of hydrogen-bond acceptors (Lipinski definition) is 4. The van der Waals surface area contributed by atoms with Crippen LogP contribution in [-0.2, 0) is 14.3 Å². The van der Waals surface area contributed by atoms with Crippen molar-refractivity contribution in [3.63, 3.8) is 0 Å². The minimum Gasteiger partial charge on any atom is -0.466 e. The zero-order valence-corrected chi connectivity index (χ0v) is 22.3. The van der Waals surface area contributed by atoms with Crippen LogP contribution in [0, 0.1) is 5.92 Å². The van der Waals surface area contributed by atoms with Crippen LogP contribution in [0.2, 0.25) is 15.1 Å². The van der Waals surface area contributed by atoms with Crippen molar-refractivity contribution in [2.45, 2.75) is 29.5 Å². The molecule has 0 aromatic heterocycles. The molecule has 2 unspecified atom stereocenters. The monoisotopic (exact) mass is 600 g/mol. The summed E-state index contributed by atoms with van der Waals surface area (Å²) in [6.45, 7) is 0.324. The van der Waals surface area contributed by atoms with Gasteiger partial charge in [0, 0.05) is 21.7 Å². The van der Waals surface area contributed by atoms with Crippen molar-refractivity contribution in [3.05, 3.63) is 62.6 Å². The summed E-state index contributed by atoms with van der Waals surface area (Å²) in [6.07, 6.45) is -1.19. The van der Waals surface area contributed by atoms with Gasteiger partial charge in [0.2, 0.25) is 5.91 Å². The van der Waals surface area contributed by atoms with E-state index in [1.165, 1.54) is 31.2 Å². The Kier molecular flexibility index (Phi) is 8.99. The van der Waals surface area contributed by atoms with E-state index in [0.717, 1.165) is 0 Å². The molecule has 2 N–H and O–H groups in total. The molecule has 0 bridgehead atoms. The Morgan fingerprint density at radius 1 is 1.06 bits per heavy atom. The highest BCUT2D eigenvalue weighted by Gasteiger charge is 2.67. The largest absolute Gasteiger partial charge is 0.466 e. The van der Waals surface area contributed by atoms with Gasteiger partial charge in [0.1, 0.15) is 10.8 Å². The number of ether oxygens (including phenoxy) is 1. The maximum atomic E-state index is 14.0. The molecule has 2 amide bonds. The predicted octanol–water partition coefficient (Wildman–Crippen LogP) is 6.49. The SMILES string of the molecule is CCOC(=O)CC(F)(F)CNC(=O)c1cc(NC(=O)C2C(c3cc(Cl)cc(Cl)c3)C2(Cl)Cl)ccc1Cl. The second kappa shape index (κ2) is 11.3. The molecule has 13 heteroatoms. The second-order valence-corrected chi connectivity index (χ2v) is 10.8. The Morgan fingerprint density at radius 3 is 2.31 bits per heavy atom. The first kappa shape index (κ1) is 28.7. The summed E-state index contributed by atoms with van der Waals surface area (Å²) in [5.41, 5.74) is 0.572. The second-order valence-electron chi connectivity index (χ2n) is 8.04. The van der Waals surface area contributed by atoms with Gasteiger partial charge in [-0.25, -0.2) is 8.78 Å². The molecule has 0 spiro atoms. The van der Waals surface area contributed by atoms with E-state index < -0.39 is 52.8 Å². The molecule has 1 fully saturated rings. The number of amides is 2. The van der Waals surface area contributed by atoms with E-state index in [2.05, 4.69) is 10.1 Å². The smallest absolute Gasteiger partial charge is 0.311 e. The Morgan fingerprint density at radius 2 is 1.69 bits per heavy atom. The van der Waals surface area contributed by atoms with E-state index in [0.29, 0.717) is 15.6 Å². The zero-order valence-electron chi connectivity index (χ0n) is 18.5. The average Bonchev–Trinajstić information content (AvgIpc) is 3.34. The molecule has 0 aliphatic heterocycles. The molecule has 0 saturated heterocycles. The van der Waals surface area contributed by atoms with Crippen LogP contribution in [0.4, 0.5) is 14.5 Å². The summed E-state index contributed by atoms with van der Waals surface area (Å²) in [6, 6.07) is 8.70. The van der Waals surface area contributed by atoms with Crippen molar-refractivity contribution >= 4 is 81.5 Å². The normalized spacial score (nSPS) is 18.3. The molecule has 1 saturated carbocycles. The van der Waals surface area contributed by atoms with Crippen LogP contribution in [0.1, 0.15) is 35.2 Å². The van der Waals surface area contributed by atoms with Gasteiger partial charge in [-0.15, -0.1) is 23.2 Å². The van der Waals surface area contributed by atoms with Crippen LogP contribution in [0.15, 0.2) is 36.4 Å². The van der Waals surface area contributed by atoms with Crippen molar-refractivity contribution in [1.82, 2.24) is 5.32 Å². The van der Waals surface area contributed by atoms with E-state index in [1.54, 1.807) is 12.1 Å². The third-order valence-electron chi connectivity index (χ3n) is 5.27. The van der Waals surface area contributed by atoms with Crippen molar-refractivity contribution in [2.24, 2.45) is 5.92 Å². The van der Waals surface area contributed by atoms with Crippen molar-refractivity contribution in [1.29, 1.82) is 0 Å². The first-order valence-corrected chi connectivity index (χ1v) is 12.4. The van der Waals surface area contributed by atoms with Crippen LogP contribution in [0.3, 0.4) is 0 Å². The molecule has 2 aromatic carbocycles. The van der Waals surface area contributed by atoms with Crippen LogP contribution in [0.25, 0.3) is 0 Å². The molecule has 0 heterocycles. The molecule has 194 valence electrons. The molecular weight excluding hydrogens is 584 g/mol. The van der Waals surface area contributed by atoms with E-state index in [4.69, 9.17) is 58.0 Å². The fraction of sp³-hybridized carbons (Fsp3) is 0.348. The molecule has 6 nitrogen and oxygen atoms in total. The quantitative estimate of drug-likeness (QED) is 0.254. The standard InChI is InChI=1S/C23H19Cl5F2N2O4/c1-2-36-17(33)9-22(29,30)10-31-20(34)15-8-14(3-4-16(15)26)32-21(35)19-18(23(19,27)28)11-5-12(24)7-13(25)6-11/h3-8,18-19H,2,9-10H2,1H3,(H,31,34)(H,32,35). The van der Waals surface area contributed by atoms with Crippen molar-refractivity contribution in [2.75, 3.05) is 18.5 Å². The summed E-state index contributed by atoms with van der Waals surface area (Å²) in [5, 5.41) is 5.31. The highest BCUT2D eigenvalue weighted by atomic mass is 35.5. The number of nitrogens with one attached hydrogen (secondary N) is 2. The first-order chi connectivity index (χ1) is 16.7. The Labute approximate surface area is 230 Å². The molecule has 1 aliphatic rings. The molecule has 1 aliphatic carbocycles. The molecule has 3 rings (SSSR count). The first-order valence-electron chi connectivity index (χ1n) is 10.5. The lowest BCUT2D eigenvalue weighted by Crippen LogP contribution is -2.38. The number of esters is 1. The zero-order chi connectivity index (χ0) is 26.8. The summed E-state index contributed by atoms with van der Waals surface area (Å²) in [4.78, 5) is 36.7. The number of carbonyl (C=O) groups excluding carboxylic acids is 3. The molecule has 2 atom stereocenters. The lowest BCUT2D eigenvalue weighted by molar-refractivity contribution is -0.150. The summed E-state index contributed by atoms with van der Waals surface area (Å²) >= 11 is 30.8. The van der Waals surface area contributed by atoms with Gasteiger partial charge in [-0.2, -0.15) is 0 Å². The maximum absolute atomic E-state index is 14.0. The number of rotatable bonds is 9. The van der Waals surface area contributed by atoms with E-state index in [9.17, 15) is 23.2 Å². The van der Waals surface area contributed by atoms with Crippen LogP contribution in [-0.4, -0.2) is 41.2 Å². The third kappa shape index (κ3) is 6.92. The fourth-order valence-corrected chi connectivity index (χ4v) is 5.18. The Bertz CT molecular complexity index is 1170. The Hall–Kier alpha value is -1.84.